The van der Waals surface area contributed by atoms with Crippen LogP contribution in [-0.4, -0.2) is 17.2 Å². The average molecular weight is 408 g/mol. The Hall–Kier alpha value is -3.48. The molecule has 7 heteroatoms. The van der Waals surface area contributed by atoms with E-state index in [-0.39, 0.29) is 17.4 Å². The third-order valence-electron chi connectivity index (χ3n) is 5.48. The Bertz CT molecular complexity index is 1140. The van der Waals surface area contributed by atoms with Crippen molar-refractivity contribution in [2.75, 3.05) is 5.32 Å². The number of nitrogens with one attached hydrogen (secondary N) is 1. The molecule has 2 heterocycles. The number of carbonyl (C=O) groups excluding carboxylic acids is 1. The monoisotopic (exact) mass is 408 g/mol. The second-order valence-electron chi connectivity index (χ2n) is 7.64. The Kier molecular flexibility index (Phi) is 4.03. The molecule has 0 atom stereocenters. The van der Waals surface area contributed by atoms with Gasteiger partial charge in [0, 0.05) is 5.56 Å². The molecular formula is C23H18F2N2O3. The van der Waals surface area contributed by atoms with E-state index in [1.165, 1.54) is 12.1 Å². The molecule has 2 aliphatic rings. The third-order valence-corrected chi connectivity index (χ3v) is 5.48. The molecule has 1 aliphatic heterocycles. The number of rotatable bonds is 4. The van der Waals surface area contributed by atoms with Gasteiger partial charge in [-0.2, -0.15) is 0 Å². The summed E-state index contributed by atoms with van der Waals surface area (Å²) in [6.45, 7) is 2.01. The second-order valence-corrected chi connectivity index (χ2v) is 7.64. The minimum absolute atomic E-state index is 0.0348. The highest BCUT2D eigenvalue weighted by Gasteiger charge is 2.52. The standard InChI is InChI=1S/C23H18F2N2O3/c1-14-5-7-15(8-6-14)17-3-2-4-20(26-17)27-21(28)22(11-12-22)16-9-10-18-19(13-16)30-23(24,25)29-18/h2-10,13H,11-12H2,1H3,(H,26,27,28). The quantitative estimate of drug-likeness (QED) is 0.656. The Morgan fingerprint density at radius 1 is 1.00 bits per heavy atom. The molecule has 0 bridgehead atoms. The molecule has 152 valence electrons. The first kappa shape index (κ1) is 18.5. The van der Waals surface area contributed by atoms with Gasteiger partial charge in [0.05, 0.1) is 11.1 Å². The van der Waals surface area contributed by atoms with Crippen molar-refractivity contribution < 1.29 is 23.0 Å². The van der Waals surface area contributed by atoms with Crippen LogP contribution in [0.5, 0.6) is 11.5 Å². The van der Waals surface area contributed by atoms with Crippen LogP contribution in [0.25, 0.3) is 11.3 Å². The summed E-state index contributed by atoms with van der Waals surface area (Å²) in [5, 5.41) is 2.88. The Balaban J connectivity index is 1.37. The lowest BCUT2D eigenvalue weighted by Gasteiger charge is -2.16. The van der Waals surface area contributed by atoms with Crippen molar-refractivity contribution >= 4 is 11.7 Å². The molecule has 1 aliphatic carbocycles. The molecule has 0 radical (unpaired) electrons. The van der Waals surface area contributed by atoms with Gasteiger partial charge in [-0.05, 0) is 49.6 Å². The smallest absolute Gasteiger partial charge is 0.395 e. The van der Waals surface area contributed by atoms with Gasteiger partial charge in [0.25, 0.3) is 0 Å². The summed E-state index contributed by atoms with van der Waals surface area (Å²) in [5.41, 5.74) is 2.70. The van der Waals surface area contributed by atoms with E-state index in [1.54, 1.807) is 12.1 Å². The molecule has 3 aromatic rings. The van der Waals surface area contributed by atoms with E-state index >= 15 is 0 Å². The zero-order chi connectivity index (χ0) is 20.9. The van der Waals surface area contributed by atoms with Crippen molar-refractivity contribution in [2.24, 2.45) is 0 Å². The van der Waals surface area contributed by atoms with Crippen molar-refractivity contribution in [3.63, 3.8) is 0 Å². The molecule has 5 rings (SSSR count). The van der Waals surface area contributed by atoms with Crippen LogP contribution in [0, 0.1) is 6.92 Å². The lowest BCUT2D eigenvalue weighted by atomic mass is 9.94. The maximum atomic E-state index is 13.3. The molecule has 1 saturated carbocycles. The number of amides is 1. The molecule has 0 unspecified atom stereocenters. The van der Waals surface area contributed by atoms with E-state index in [0.29, 0.717) is 24.2 Å². The minimum Gasteiger partial charge on any atom is -0.395 e. The van der Waals surface area contributed by atoms with E-state index in [9.17, 15) is 13.6 Å². The van der Waals surface area contributed by atoms with Gasteiger partial charge in [-0.15, -0.1) is 8.78 Å². The van der Waals surface area contributed by atoms with Gasteiger partial charge in [0.1, 0.15) is 5.82 Å². The van der Waals surface area contributed by atoms with Crippen LogP contribution < -0.4 is 14.8 Å². The number of carbonyl (C=O) groups is 1. The fraction of sp³-hybridized carbons (Fsp3) is 0.217. The zero-order valence-electron chi connectivity index (χ0n) is 16.1. The number of anilines is 1. The zero-order valence-corrected chi connectivity index (χ0v) is 16.1. The molecule has 5 nitrogen and oxygen atoms in total. The van der Waals surface area contributed by atoms with Crippen molar-refractivity contribution in [1.82, 2.24) is 4.98 Å². The van der Waals surface area contributed by atoms with Crippen molar-refractivity contribution in [1.29, 1.82) is 0 Å². The highest BCUT2D eigenvalue weighted by Crippen LogP contribution is 2.52. The first-order valence-corrected chi connectivity index (χ1v) is 9.61. The summed E-state index contributed by atoms with van der Waals surface area (Å²) >= 11 is 0. The molecule has 1 N–H and O–H groups in total. The van der Waals surface area contributed by atoms with Gasteiger partial charge < -0.3 is 14.8 Å². The van der Waals surface area contributed by atoms with Crippen LogP contribution in [0.15, 0.2) is 60.7 Å². The SMILES string of the molecule is Cc1ccc(-c2cccc(NC(=O)C3(c4ccc5c(c4)OC(F)(F)O5)CC3)n2)cc1. The summed E-state index contributed by atoms with van der Waals surface area (Å²) in [6, 6.07) is 17.9. The number of ether oxygens (including phenoxy) is 2. The molecule has 1 aromatic heterocycles. The van der Waals surface area contributed by atoms with E-state index in [0.717, 1.165) is 16.8 Å². The number of pyridine rings is 1. The number of aromatic nitrogens is 1. The predicted molar refractivity (Wildman–Crippen MR) is 107 cm³/mol. The Morgan fingerprint density at radius 2 is 1.73 bits per heavy atom. The lowest BCUT2D eigenvalue weighted by molar-refractivity contribution is -0.286. The summed E-state index contributed by atoms with van der Waals surface area (Å²) in [7, 11) is 0. The predicted octanol–water partition coefficient (Wildman–Crippen LogP) is 5.05. The highest BCUT2D eigenvalue weighted by molar-refractivity contribution is 6.01. The van der Waals surface area contributed by atoms with Gasteiger partial charge in [-0.3, -0.25) is 4.79 Å². The maximum Gasteiger partial charge on any atom is 0.586 e. The Morgan fingerprint density at radius 3 is 2.47 bits per heavy atom. The minimum atomic E-state index is -3.68. The van der Waals surface area contributed by atoms with Crippen molar-refractivity contribution in [3.05, 3.63) is 71.8 Å². The summed E-state index contributed by atoms with van der Waals surface area (Å²) in [5.74, 6) is 0.127. The van der Waals surface area contributed by atoms with Gasteiger partial charge in [-0.25, -0.2) is 4.98 Å². The third kappa shape index (κ3) is 3.26. The van der Waals surface area contributed by atoms with Crippen LogP contribution in [0.4, 0.5) is 14.6 Å². The van der Waals surface area contributed by atoms with Crippen LogP contribution >= 0.6 is 0 Å². The Labute approximate surface area is 171 Å². The van der Waals surface area contributed by atoms with Gasteiger partial charge in [0.15, 0.2) is 11.5 Å². The molecule has 0 spiro atoms. The topological polar surface area (TPSA) is 60.5 Å². The van der Waals surface area contributed by atoms with E-state index < -0.39 is 11.7 Å². The summed E-state index contributed by atoms with van der Waals surface area (Å²) < 4.78 is 35.6. The number of nitrogens with zero attached hydrogens (tertiary/aromatic N) is 1. The van der Waals surface area contributed by atoms with Crippen LogP contribution in [0.1, 0.15) is 24.0 Å². The number of hydrogen-bond donors (Lipinski definition) is 1. The van der Waals surface area contributed by atoms with E-state index in [2.05, 4.69) is 19.8 Å². The van der Waals surface area contributed by atoms with Crippen molar-refractivity contribution in [3.8, 4) is 22.8 Å². The summed E-state index contributed by atoms with van der Waals surface area (Å²) in [6.07, 6.45) is -2.45. The number of benzene rings is 2. The highest BCUT2D eigenvalue weighted by atomic mass is 19.3. The number of hydrogen-bond acceptors (Lipinski definition) is 4. The molecule has 1 amide bonds. The normalized spacial score (nSPS) is 17.4. The lowest BCUT2D eigenvalue weighted by Crippen LogP contribution is -2.28. The first-order valence-electron chi connectivity index (χ1n) is 9.61. The van der Waals surface area contributed by atoms with Crippen LogP contribution in [0.2, 0.25) is 0 Å². The fourth-order valence-corrected chi connectivity index (χ4v) is 3.64. The maximum absolute atomic E-state index is 13.3. The molecular weight excluding hydrogens is 390 g/mol. The number of fused-ring (bicyclic) bond motifs is 1. The van der Waals surface area contributed by atoms with Gasteiger partial charge in [0.2, 0.25) is 5.91 Å². The average Bonchev–Trinajstić information content (AvgIpc) is 3.46. The largest absolute Gasteiger partial charge is 0.586 e. The van der Waals surface area contributed by atoms with Crippen LogP contribution in [-0.2, 0) is 10.2 Å². The van der Waals surface area contributed by atoms with Gasteiger partial charge in [-0.1, -0.05) is 42.0 Å². The summed E-state index contributed by atoms with van der Waals surface area (Å²) in [4.78, 5) is 17.6. The molecule has 2 aromatic carbocycles. The van der Waals surface area contributed by atoms with E-state index in [1.807, 2.05) is 43.3 Å². The first-order chi connectivity index (χ1) is 14.3. The molecule has 0 saturated heterocycles. The molecule has 30 heavy (non-hydrogen) atoms. The van der Waals surface area contributed by atoms with Crippen molar-refractivity contribution in [2.45, 2.75) is 31.5 Å². The number of halogens is 2. The second kappa shape index (κ2) is 6.52. The van der Waals surface area contributed by atoms with Crippen LogP contribution in [0.3, 0.4) is 0 Å². The fourth-order valence-electron chi connectivity index (χ4n) is 3.64. The van der Waals surface area contributed by atoms with E-state index in [4.69, 9.17) is 0 Å². The number of aryl methyl sites for hydroxylation is 1. The number of alkyl halides is 2. The van der Waals surface area contributed by atoms with Gasteiger partial charge >= 0.3 is 6.29 Å². The molecule has 1 fully saturated rings.